The van der Waals surface area contributed by atoms with E-state index in [1.54, 1.807) is 11.2 Å². The summed E-state index contributed by atoms with van der Waals surface area (Å²) in [5.74, 6) is 1.03. The number of hydrogen-bond donors (Lipinski definition) is 1. The van der Waals surface area contributed by atoms with Gasteiger partial charge in [0.1, 0.15) is 5.82 Å². The van der Waals surface area contributed by atoms with Crippen molar-refractivity contribution in [1.29, 1.82) is 0 Å². The molecule has 1 N–H and O–H groups in total. The normalized spacial score (nSPS) is 30.5. The minimum Gasteiger partial charge on any atom is -0.349 e. The lowest BCUT2D eigenvalue weighted by Gasteiger charge is -2.68. The van der Waals surface area contributed by atoms with Gasteiger partial charge in [0.25, 0.3) is 0 Å². The van der Waals surface area contributed by atoms with E-state index in [0.29, 0.717) is 43.1 Å². The molecule has 1 amide bonds. The summed E-state index contributed by atoms with van der Waals surface area (Å²) in [6, 6.07) is 11.9. The molecule has 6 rings (SSSR count). The summed E-state index contributed by atoms with van der Waals surface area (Å²) in [4.78, 5) is 19.5. The van der Waals surface area contributed by atoms with Gasteiger partial charge in [0.2, 0.25) is 15.9 Å². The van der Waals surface area contributed by atoms with Crippen LogP contribution in [-0.2, 0) is 27.8 Å². The van der Waals surface area contributed by atoms with E-state index >= 15 is 0 Å². The van der Waals surface area contributed by atoms with Gasteiger partial charge in [-0.3, -0.25) is 9.69 Å². The van der Waals surface area contributed by atoms with E-state index in [-0.39, 0.29) is 11.9 Å². The lowest BCUT2D eigenvalue weighted by molar-refractivity contribution is -0.188. The van der Waals surface area contributed by atoms with Gasteiger partial charge < -0.3 is 9.88 Å². The highest BCUT2D eigenvalue weighted by molar-refractivity contribution is 7.88. The number of nitrogens with one attached hydrogen (secondary N) is 1. The highest BCUT2D eigenvalue weighted by atomic mass is 32.2. The van der Waals surface area contributed by atoms with E-state index in [1.165, 1.54) is 19.1 Å². The highest BCUT2D eigenvalue weighted by Crippen LogP contribution is 2.67. The third-order valence-electron chi connectivity index (χ3n) is 9.41. The summed E-state index contributed by atoms with van der Waals surface area (Å²) in [5.41, 5.74) is 3.74. The largest absolute Gasteiger partial charge is 0.349 e. The number of aromatic nitrogens is 2. The Labute approximate surface area is 214 Å². The Morgan fingerprint density at radius 1 is 1.25 bits per heavy atom. The van der Waals surface area contributed by atoms with Crippen molar-refractivity contribution < 1.29 is 13.2 Å². The van der Waals surface area contributed by atoms with Crippen LogP contribution in [0.3, 0.4) is 0 Å². The van der Waals surface area contributed by atoms with Gasteiger partial charge in [0, 0.05) is 50.0 Å². The first kappa shape index (κ1) is 24.1. The van der Waals surface area contributed by atoms with E-state index in [4.69, 9.17) is 4.98 Å². The van der Waals surface area contributed by atoms with Gasteiger partial charge in [-0.1, -0.05) is 30.3 Å². The van der Waals surface area contributed by atoms with Crippen LogP contribution in [0.25, 0.3) is 0 Å². The number of likely N-dealkylation sites (tertiary alicyclic amines) is 1. The molecular formula is C27H37N5O3S. The van der Waals surface area contributed by atoms with Crippen molar-refractivity contribution >= 4 is 15.9 Å². The quantitative estimate of drug-likeness (QED) is 0.618. The first-order chi connectivity index (χ1) is 17.2. The molecule has 1 spiro atoms. The third kappa shape index (κ3) is 3.82. The second-order valence-electron chi connectivity index (χ2n) is 11.4. The number of imidazole rings is 1. The number of benzene rings is 1. The number of fused-ring (bicyclic) bond motifs is 1. The van der Waals surface area contributed by atoms with Crippen LogP contribution in [-0.4, -0.2) is 64.5 Å². The third-order valence-corrected chi connectivity index (χ3v) is 10.7. The van der Waals surface area contributed by atoms with Crippen LogP contribution in [0, 0.1) is 12.3 Å². The van der Waals surface area contributed by atoms with E-state index < -0.39 is 10.0 Å². The van der Waals surface area contributed by atoms with E-state index in [2.05, 4.69) is 33.8 Å². The zero-order chi connectivity index (χ0) is 25.2. The van der Waals surface area contributed by atoms with Gasteiger partial charge in [-0.25, -0.2) is 13.4 Å². The highest BCUT2D eigenvalue weighted by Gasteiger charge is 2.69. The van der Waals surface area contributed by atoms with Crippen molar-refractivity contribution in [1.82, 2.24) is 24.1 Å². The fourth-order valence-electron chi connectivity index (χ4n) is 7.82. The van der Waals surface area contributed by atoms with Crippen molar-refractivity contribution in [2.75, 3.05) is 19.3 Å². The maximum absolute atomic E-state index is 12.3. The van der Waals surface area contributed by atoms with Crippen LogP contribution in [0.2, 0.25) is 0 Å². The molecule has 2 aromatic rings. The Bertz CT molecular complexity index is 1280. The molecule has 2 saturated carbocycles. The van der Waals surface area contributed by atoms with Gasteiger partial charge in [0.05, 0.1) is 30.2 Å². The molecule has 1 aromatic heterocycles. The second kappa shape index (κ2) is 8.67. The lowest BCUT2D eigenvalue weighted by atomic mass is 9.53. The molecule has 0 radical (unpaired) electrons. The Morgan fingerprint density at radius 3 is 2.69 bits per heavy atom. The Hall–Kier alpha value is -2.23. The molecule has 0 bridgehead atoms. The zero-order valence-electron chi connectivity index (χ0n) is 21.5. The van der Waals surface area contributed by atoms with Gasteiger partial charge >= 0.3 is 0 Å². The van der Waals surface area contributed by atoms with Crippen LogP contribution >= 0.6 is 0 Å². The number of rotatable bonds is 7. The lowest BCUT2D eigenvalue weighted by Crippen LogP contribution is -2.74. The number of aryl methyl sites for hydroxylation is 1. The van der Waals surface area contributed by atoms with Crippen LogP contribution in [0.4, 0.5) is 0 Å². The number of nitrogens with zero attached hydrogens (tertiary/aromatic N) is 4. The second-order valence-corrected chi connectivity index (χ2v) is 13.3. The predicted octanol–water partition coefficient (Wildman–Crippen LogP) is 2.94. The molecule has 5 atom stereocenters. The molecule has 8 nitrogen and oxygen atoms in total. The minimum absolute atomic E-state index is 0.00915. The first-order valence-corrected chi connectivity index (χ1v) is 15.1. The molecule has 4 aliphatic rings. The molecular weight excluding hydrogens is 474 g/mol. The van der Waals surface area contributed by atoms with Gasteiger partial charge in [-0.2, -0.15) is 4.31 Å². The average molecular weight is 512 g/mol. The standard InChI is InChI=1S/C27H37N5O3S/c1-18-28-23-10-13-30(36(3,34)35)17-24(23)32(18)21-15-26-27(16-21)12-9-25(27)31(26)14-11-22(29-19(2)33)20-7-5-4-6-8-20/h4-8,21-22,25-26H,9-17H2,1-3H3,(H,29,33)/t21?,22-,25?,26?,27?/m0/s1. The van der Waals surface area contributed by atoms with Crippen molar-refractivity contribution in [2.24, 2.45) is 5.41 Å². The molecule has 2 aliphatic heterocycles. The fourth-order valence-corrected chi connectivity index (χ4v) is 8.60. The summed E-state index contributed by atoms with van der Waals surface area (Å²) in [7, 11) is -3.22. The zero-order valence-corrected chi connectivity index (χ0v) is 22.3. The van der Waals surface area contributed by atoms with Crippen LogP contribution in [0.1, 0.15) is 73.9 Å². The summed E-state index contributed by atoms with van der Waals surface area (Å²) in [6.07, 6.45) is 7.69. The molecule has 3 heterocycles. The molecule has 9 heteroatoms. The molecule has 36 heavy (non-hydrogen) atoms. The van der Waals surface area contributed by atoms with Crippen LogP contribution < -0.4 is 5.32 Å². The van der Waals surface area contributed by atoms with Crippen LogP contribution in [0.15, 0.2) is 30.3 Å². The van der Waals surface area contributed by atoms with E-state index in [9.17, 15) is 13.2 Å². The molecule has 194 valence electrons. The van der Waals surface area contributed by atoms with Gasteiger partial charge in [0.15, 0.2) is 0 Å². The average Bonchev–Trinajstić information content (AvgIpc) is 3.36. The van der Waals surface area contributed by atoms with Gasteiger partial charge in [-0.05, 0) is 44.6 Å². The van der Waals surface area contributed by atoms with E-state index in [0.717, 1.165) is 48.6 Å². The summed E-state index contributed by atoms with van der Waals surface area (Å²) in [6.45, 7) is 5.61. The smallest absolute Gasteiger partial charge is 0.217 e. The molecule has 3 fully saturated rings. The number of hydrogen-bond acceptors (Lipinski definition) is 5. The minimum atomic E-state index is -3.22. The molecule has 1 aromatic carbocycles. The van der Waals surface area contributed by atoms with Crippen molar-refractivity contribution in [2.45, 2.75) is 83.1 Å². The SMILES string of the molecule is CC(=O)N[C@@H](CCN1C2CCC23CC(n2c(C)nc4c2CN(S(C)(=O)=O)CC4)CC13)c1ccccc1. The summed E-state index contributed by atoms with van der Waals surface area (Å²) >= 11 is 0. The van der Waals surface area contributed by atoms with Crippen LogP contribution in [0.5, 0.6) is 0 Å². The number of carbonyl (C=O) groups excluding carboxylic acids is 1. The Kier molecular flexibility index (Phi) is 5.81. The summed E-state index contributed by atoms with van der Waals surface area (Å²) < 4.78 is 28.5. The first-order valence-electron chi connectivity index (χ1n) is 13.3. The predicted molar refractivity (Wildman–Crippen MR) is 138 cm³/mol. The number of amides is 1. The number of carbonyl (C=O) groups is 1. The van der Waals surface area contributed by atoms with Crippen molar-refractivity contribution in [3.63, 3.8) is 0 Å². The summed E-state index contributed by atoms with van der Waals surface area (Å²) in [5, 5.41) is 3.16. The topological polar surface area (TPSA) is 87.5 Å². The number of piperidine rings is 1. The van der Waals surface area contributed by atoms with Crippen molar-refractivity contribution in [3.8, 4) is 0 Å². The van der Waals surface area contributed by atoms with Gasteiger partial charge in [-0.15, -0.1) is 0 Å². The number of sulfonamides is 1. The molecule has 4 unspecified atom stereocenters. The Balaban J connectivity index is 1.19. The van der Waals surface area contributed by atoms with E-state index in [1.807, 2.05) is 18.2 Å². The maximum Gasteiger partial charge on any atom is 0.217 e. The molecule has 2 aliphatic carbocycles. The molecule has 1 saturated heterocycles. The maximum atomic E-state index is 12.3. The monoisotopic (exact) mass is 511 g/mol. The Morgan fingerprint density at radius 2 is 2.03 bits per heavy atom. The fraction of sp³-hybridized carbons (Fsp3) is 0.630. The van der Waals surface area contributed by atoms with Crippen molar-refractivity contribution in [3.05, 3.63) is 53.1 Å².